The molecule has 2 aromatic rings. The summed E-state index contributed by atoms with van der Waals surface area (Å²) in [5, 5.41) is 1.28. The Labute approximate surface area is 126 Å². The minimum absolute atomic E-state index is 0.132. The zero-order valence-corrected chi connectivity index (χ0v) is 11.8. The first kappa shape index (κ1) is 13.8. The minimum Gasteiger partial charge on any atom is -0.272 e. The number of carbonyl (C=O) groups excluding carboxylic acids is 2. The molecule has 0 saturated carbocycles. The second kappa shape index (κ2) is 5.68. The third-order valence-corrected chi connectivity index (χ3v) is 3.49. The Morgan fingerprint density at radius 2 is 1.86 bits per heavy atom. The summed E-state index contributed by atoms with van der Waals surface area (Å²) >= 11 is 5.90. The molecule has 0 aromatic heterocycles. The number of carbonyl (C=O) groups is 2. The average Bonchev–Trinajstić information content (AvgIpc) is 2.49. The molecular weight excluding hydrogens is 290 g/mol. The van der Waals surface area contributed by atoms with Gasteiger partial charge in [0.15, 0.2) is 0 Å². The first-order valence-corrected chi connectivity index (χ1v) is 6.85. The molecule has 0 fully saturated rings. The highest BCUT2D eigenvalue weighted by molar-refractivity contribution is 6.31. The Bertz CT molecular complexity index is 700. The molecule has 21 heavy (non-hydrogen) atoms. The van der Waals surface area contributed by atoms with E-state index in [0.29, 0.717) is 16.1 Å². The number of hydroxylamine groups is 2. The molecule has 2 amide bonds. The number of rotatable bonds is 3. The molecule has 0 bridgehead atoms. The van der Waals surface area contributed by atoms with E-state index in [0.717, 1.165) is 10.6 Å². The molecule has 0 aliphatic carbocycles. The molecule has 106 valence electrons. The number of amides is 2. The highest BCUT2D eigenvalue weighted by Crippen LogP contribution is 2.24. The Balaban J connectivity index is 1.80. The molecule has 0 spiro atoms. The van der Waals surface area contributed by atoms with Crippen LogP contribution in [0, 0.1) is 0 Å². The van der Waals surface area contributed by atoms with Crippen molar-refractivity contribution in [2.45, 2.75) is 13.0 Å². The fraction of sp³-hybridized carbons (Fsp3) is 0.125. The van der Waals surface area contributed by atoms with Crippen molar-refractivity contribution in [3.63, 3.8) is 0 Å². The van der Waals surface area contributed by atoms with Crippen LogP contribution in [0.25, 0.3) is 0 Å². The van der Waals surface area contributed by atoms with E-state index in [9.17, 15) is 9.59 Å². The fourth-order valence-corrected chi connectivity index (χ4v) is 2.38. The Kier molecular flexibility index (Phi) is 3.73. The fourth-order valence-electron chi connectivity index (χ4n) is 2.20. The summed E-state index contributed by atoms with van der Waals surface area (Å²) in [6.07, 6.45) is 0.132. The third kappa shape index (κ3) is 2.82. The molecule has 0 N–H and O–H groups in total. The van der Waals surface area contributed by atoms with Gasteiger partial charge in [0.25, 0.3) is 11.8 Å². The second-order valence-corrected chi connectivity index (χ2v) is 5.17. The van der Waals surface area contributed by atoms with Crippen molar-refractivity contribution in [3.05, 3.63) is 70.2 Å². The van der Waals surface area contributed by atoms with Crippen molar-refractivity contribution in [1.29, 1.82) is 0 Å². The van der Waals surface area contributed by atoms with Crippen LogP contribution in [0.15, 0.2) is 48.5 Å². The van der Waals surface area contributed by atoms with Gasteiger partial charge >= 0.3 is 0 Å². The number of halogens is 1. The summed E-state index contributed by atoms with van der Waals surface area (Å²) in [6, 6.07) is 14.3. The number of benzene rings is 2. The van der Waals surface area contributed by atoms with E-state index in [1.807, 2.05) is 30.3 Å². The van der Waals surface area contributed by atoms with Gasteiger partial charge in [-0.1, -0.05) is 48.0 Å². The van der Waals surface area contributed by atoms with Crippen LogP contribution in [0.3, 0.4) is 0 Å². The van der Waals surface area contributed by atoms with Gasteiger partial charge in [-0.2, -0.15) is 0 Å². The molecule has 4 nitrogen and oxygen atoms in total. The molecular formula is C16H12ClNO3. The molecule has 5 heteroatoms. The standard InChI is InChI=1S/C16H12ClNO3/c17-13-7-6-12-8-15(19)18(16(20)14(12)9-13)21-10-11-4-2-1-3-5-11/h1-7,9H,8,10H2. The van der Waals surface area contributed by atoms with Crippen molar-refractivity contribution >= 4 is 23.4 Å². The highest BCUT2D eigenvalue weighted by Gasteiger charge is 2.32. The number of imide groups is 1. The van der Waals surface area contributed by atoms with Crippen LogP contribution in [-0.2, 0) is 22.7 Å². The molecule has 0 unspecified atom stereocenters. The molecule has 1 aliphatic heterocycles. The summed E-state index contributed by atoms with van der Waals surface area (Å²) < 4.78 is 0. The van der Waals surface area contributed by atoms with Crippen LogP contribution in [0.4, 0.5) is 0 Å². The molecule has 1 aliphatic rings. The summed E-state index contributed by atoms with van der Waals surface area (Å²) in [4.78, 5) is 29.7. The molecule has 0 saturated heterocycles. The van der Waals surface area contributed by atoms with Crippen molar-refractivity contribution in [2.75, 3.05) is 0 Å². The number of nitrogens with zero attached hydrogens (tertiary/aromatic N) is 1. The van der Waals surface area contributed by atoms with E-state index >= 15 is 0 Å². The van der Waals surface area contributed by atoms with Gasteiger partial charge in [0.2, 0.25) is 0 Å². The van der Waals surface area contributed by atoms with E-state index in [1.165, 1.54) is 0 Å². The lowest BCUT2D eigenvalue weighted by atomic mass is 10.00. The van der Waals surface area contributed by atoms with Crippen molar-refractivity contribution in [1.82, 2.24) is 5.06 Å². The van der Waals surface area contributed by atoms with Crippen LogP contribution in [0.5, 0.6) is 0 Å². The second-order valence-electron chi connectivity index (χ2n) is 4.73. The first-order valence-electron chi connectivity index (χ1n) is 6.48. The normalized spacial score (nSPS) is 14.2. The third-order valence-electron chi connectivity index (χ3n) is 3.26. The van der Waals surface area contributed by atoms with Crippen LogP contribution in [-0.4, -0.2) is 16.9 Å². The van der Waals surface area contributed by atoms with Gasteiger partial charge < -0.3 is 0 Å². The molecule has 1 heterocycles. The lowest BCUT2D eigenvalue weighted by molar-refractivity contribution is -0.174. The van der Waals surface area contributed by atoms with Gasteiger partial charge in [0.1, 0.15) is 6.61 Å². The molecule has 0 atom stereocenters. The predicted molar refractivity (Wildman–Crippen MR) is 77.6 cm³/mol. The number of fused-ring (bicyclic) bond motifs is 1. The van der Waals surface area contributed by atoms with Crippen molar-refractivity contribution < 1.29 is 14.4 Å². The largest absolute Gasteiger partial charge is 0.285 e. The average molecular weight is 302 g/mol. The maximum Gasteiger partial charge on any atom is 0.285 e. The zero-order chi connectivity index (χ0) is 14.8. The Morgan fingerprint density at radius 3 is 2.62 bits per heavy atom. The number of hydrogen-bond donors (Lipinski definition) is 0. The lowest BCUT2D eigenvalue weighted by Crippen LogP contribution is -2.42. The Hall–Kier alpha value is -2.17. The van der Waals surface area contributed by atoms with Crippen LogP contribution in [0.2, 0.25) is 5.02 Å². The summed E-state index contributed by atoms with van der Waals surface area (Å²) in [5.41, 5.74) is 1.97. The van der Waals surface area contributed by atoms with Gasteiger partial charge in [-0.05, 0) is 23.3 Å². The molecule has 0 radical (unpaired) electrons. The molecule has 3 rings (SSSR count). The van der Waals surface area contributed by atoms with Crippen molar-refractivity contribution in [2.24, 2.45) is 0 Å². The highest BCUT2D eigenvalue weighted by atomic mass is 35.5. The van der Waals surface area contributed by atoms with E-state index in [1.54, 1.807) is 18.2 Å². The van der Waals surface area contributed by atoms with E-state index in [4.69, 9.17) is 16.4 Å². The predicted octanol–water partition coefficient (Wildman–Crippen LogP) is 3.00. The minimum atomic E-state index is -0.473. The van der Waals surface area contributed by atoms with E-state index in [2.05, 4.69) is 0 Å². The van der Waals surface area contributed by atoms with Crippen LogP contribution >= 0.6 is 11.6 Å². The first-order chi connectivity index (χ1) is 10.1. The number of hydrogen-bond acceptors (Lipinski definition) is 3. The zero-order valence-electron chi connectivity index (χ0n) is 11.1. The maximum atomic E-state index is 12.3. The van der Waals surface area contributed by atoms with Gasteiger partial charge in [0.05, 0.1) is 6.42 Å². The maximum absolute atomic E-state index is 12.3. The van der Waals surface area contributed by atoms with E-state index in [-0.39, 0.29) is 18.9 Å². The SMILES string of the molecule is O=C1Cc2ccc(Cl)cc2C(=O)N1OCc1ccccc1. The van der Waals surface area contributed by atoms with Gasteiger partial charge in [0, 0.05) is 10.6 Å². The summed E-state index contributed by atoms with van der Waals surface area (Å²) in [6.45, 7) is 0.161. The van der Waals surface area contributed by atoms with Crippen LogP contribution in [0.1, 0.15) is 21.5 Å². The van der Waals surface area contributed by atoms with Gasteiger partial charge in [-0.25, -0.2) is 0 Å². The monoisotopic (exact) mass is 301 g/mol. The summed E-state index contributed by atoms with van der Waals surface area (Å²) in [7, 11) is 0. The summed E-state index contributed by atoms with van der Waals surface area (Å²) in [5.74, 6) is -0.842. The van der Waals surface area contributed by atoms with Gasteiger partial charge in [-0.3, -0.25) is 14.4 Å². The van der Waals surface area contributed by atoms with Crippen LogP contribution < -0.4 is 0 Å². The quantitative estimate of drug-likeness (QED) is 0.819. The lowest BCUT2D eigenvalue weighted by Gasteiger charge is -2.25. The van der Waals surface area contributed by atoms with Crippen molar-refractivity contribution in [3.8, 4) is 0 Å². The van der Waals surface area contributed by atoms with E-state index < -0.39 is 5.91 Å². The smallest absolute Gasteiger partial charge is 0.272 e. The topological polar surface area (TPSA) is 46.6 Å². The molecule has 2 aromatic carbocycles. The van der Waals surface area contributed by atoms with Gasteiger partial charge in [-0.15, -0.1) is 5.06 Å². The Morgan fingerprint density at radius 1 is 1.10 bits per heavy atom.